The van der Waals surface area contributed by atoms with Crippen LogP contribution < -0.4 is 19.9 Å². The molecule has 3 aromatic carbocycles. The van der Waals surface area contributed by atoms with Crippen LogP contribution in [0.4, 0.5) is 21.0 Å². The molecule has 0 unspecified atom stereocenters. The van der Waals surface area contributed by atoms with Gasteiger partial charge >= 0.3 is 12.1 Å². The number of urea groups is 1. The summed E-state index contributed by atoms with van der Waals surface area (Å²) in [6.07, 6.45) is -1.32. The molecular formula is C26H23N3O5. The molecule has 0 radical (unpaired) electrons. The molecule has 2 fully saturated rings. The topological polar surface area (TPSA) is 80.3 Å². The maximum Gasteiger partial charge on any atom is 0.411 e. The van der Waals surface area contributed by atoms with Gasteiger partial charge in [-0.05, 0) is 25.1 Å². The van der Waals surface area contributed by atoms with Gasteiger partial charge in [-0.3, -0.25) is 10.2 Å². The van der Waals surface area contributed by atoms with Crippen LogP contribution in [0.2, 0.25) is 0 Å². The number of alkyl carbamates (subject to hydrolysis) is 1. The number of ether oxygens (including phenoxy) is 3. The first kappa shape index (κ1) is 20.6. The Morgan fingerprint density at radius 1 is 0.971 bits per heavy atom. The van der Waals surface area contributed by atoms with Crippen molar-refractivity contribution in [2.45, 2.75) is 24.4 Å². The zero-order chi connectivity index (χ0) is 23.5. The van der Waals surface area contributed by atoms with Crippen molar-refractivity contribution in [2.24, 2.45) is 0 Å². The van der Waals surface area contributed by atoms with E-state index in [9.17, 15) is 9.59 Å². The van der Waals surface area contributed by atoms with Crippen molar-refractivity contribution in [3.05, 3.63) is 90.0 Å². The lowest BCUT2D eigenvalue weighted by atomic mass is 9.84. The van der Waals surface area contributed by atoms with Crippen LogP contribution in [0.25, 0.3) is 0 Å². The van der Waals surface area contributed by atoms with E-state index in [1.165, 1.54) is 0 Å². The summed E-state index contributed by atoms with van der Waals surface area (Å²) in [5.41, 5.74) is -0.292. The standard InChI is InChI=1S/C26H23N3O5/c1-3-33-22-20-15-14-19(32-2)16-21(20)29-24(31)28(18-12-8-5-9-13-18)26(17-10-6-4-7-11-17)25(22,29)27-23(30)34-26/h4-16,22H,3H2,1-2H3,(H,27,30)/t22-,25-,26-/m1/s1. The number of hydrogen-bond acceptors (Lipinski definition) is 5. The fraction of sp³-hybridized carbons (Fsp3) is 0.231. The zero-order valence-electron chi connectivity index (χ0n) is 18.7. The molecule has 0 saturated carbocycles. The number of para-hydroxylation sites is 1. The molecule has 2 saturated heterocycles. The first-order chi connectivity index (χ1) is 16.6. The quantitative estimate of drug-likeness (QED) is 0.609. The number of nitrogens with zero attached hydrogens (tertiary/aromatic N) is 2. The minimum atomic E-state index is -1.53. The molecule has 3 atom stereocenters. The Balaban J connectivity index is 1.71. The molecule has 0 aromatic heterocycles. The largest absolute Gasteiger partial charge is 0.497 e. The first-order valence-corrected chi connectivity index (χ1v) is 11.1. The number of amides is 3. The van der Waals surface area contributed by atoms with Gasteiger partial charge in [-0.25, -0.2) is 14.5 Å². The van der Waals surface area contributed by atoms with Crippen molar-refractivity contribution < 1.29 is 23.8 Å². The fourth-order valence-electron chi connectivity index (χ4n) is 5.55. The van der Waals surface area contributed by atoms with E-state index in [1.54, 1.807) is 23.0 Å². The predicted molar refractivity (Wildman–Crippen MR) is 125 cm³/mol. The highest BCUT2D eigenvalue weighted by Gasteiger charge is 2.82. The molecule has 1 N–H and O–H groups in total. The van der Waals surface area contributed by atoms with Gasteiger partial charge in [-0.2, -0.15) is 0 Å². The molecule has 3 aromatic rings. The Bertz CT molecular complexity index is 1280. The SMILES string of the molecule is CCO[C@@H]1c2ccc(OC)cc2N2C(=O)N(c3ccccc3)[C@]3(c4ccccc4)OC(=O)N[C@]123. The van der Waals surface area contributed by atoms with E-state index in [0.717, 1.165) is 5.56 Å². The third-order valence-corrected chi connectivity index (χ3v) is 6.75. The van der Waals surface area contributed by atoms with Gasteiger partial charge in [0, 0.05) is 29.5 Å². The van der Waals surface area contributed by atoms with Gasteiger partial charge in [-0.1, -0.05) is 54.6 Å². The molecular weight excluding hydrogens is 434 g/mol. The highest BCUT2D eigenvalue weighted by molar-refractivity contribution is 6.13. The highest BCUT2D eigenvalue weighted by atomic mass is 16.6. The second kappa shape index (κ2) is 7.23. The highest BCUT2D eigenvalue weighted by Crippen LogP contribution is 2.64. The van der Waals surface area contributed by atoms with E-state index in [4.69, 9.17) is 14.2 Å². The van der Waals surface area contributed by atoms with Crippen molar-refractivity contribution >= 4 is 23.5 Å². The van der Waals surface area contributed by atoms with E-state index < -0.39 is 23.6 Å². The second-order valence-corrected chi connectivity index (χ2v) is 8.34. The molecule has 3 heterocycles. The zero-order valence-corrected chi connectivity index (χ0v) is 18.7. The minimum Gasteiger partial charge on any atom is -0.497 e. The predicted octanol–water partition coefficient (Wildman–Crippen LogP) is 4.52. The molecule has 3 amide bonds. The number of methoxy groups -OCH3 is 1. The molecule has 3 aliphatic heterocycles. The van der Waals surface area contributed by atoms with Gasteiger partial charge in [-0.15, -0.1) is 0 Å². The van der Waals surface area contributed by atoms with Crippen LogP contribution in [0.3, 0.4) is 0 Å². The fourth-order valence-corrected chi connectivity index (χ4v) is 5.55. The summed E-state index contributed by atoms with van der Waals surface area (Å²) in [6, 6.07) is 23.7. The number of carbonyl (C=O) groups is 2. The van der Waals surface area contributed by atoms with E-state index in [0.29, 0.717) is 29.3 Å². The molecule has 3 aliphatic rings. The number of fused-ring (bicyclic) bond motifs is 2. The third-order valence-electron chi connectivity index (χ3n) is 6.75. The van der Waals surface area contributed by atoms with Gasteiger partial charge in [0.15, 0.2) is 0 Å². The molecule has 8 heteroatoms. The molecule has 6 rings (SSSR count). The van der Waals surface area contributed by atoms with Crippen molar-refractivity contribution in [1.29, 1.82) is 0 Å². The lowest BCUT2D eigenvalue weighted by molar-refractivity contribution is -0.0647. The number of anilines is 2. The van der Waals surface area contributed by atoms with Crippen LogP contribution in [0.1, 0.15) is 24.2 Å². The van der Waals surface area contributed by atoms with Crippen LogP contribution in [-0.2, 0) is 15.2 Å². The molecule has 1 spiro atoms. The van der Waals surface area contributed by atoms with Crippen LogP contribution in [0, 0.1) is 0 Å². The average molecular weight is 457 g/mol. The van der Waals surface area contributed by atoms with E-state index in [2.05, 4.69) is 5.32 Å². The maximum atomic E-state index is 14.3. The van der Waals surface area contributed by atoms with Crippen LogP contribution in [-0.4, -0.2) is 31.5 Å². The lowest BCUT2D eigenvalue weighted by Crippen LogP contribution is -2.64. The van der Waals surface area contributed by atoms with E-state index in [-0.39, 0.29) is 6.03 Å². The molecule has 0 aliphatic carbocycles. The summed E-state index contributed by atoms with van der Waals surface area (Å²) in [5.74, 6) is 0.590. The Morgan fingerprint density at radius 2 is 1.68 bits per heavy atom. The number of carbonyl (C=O) groups excluding carboxylic acids is 2. The van der Waals surface area contributed by atoms with Gasteiger partial charge < -0.3 is 14.2 Å². The summed E-state index contributed by atoms with van der Waals surface area (Å²) in [5, 5.41) is 3.02. The summed E-state index contributed by atoms with van der Waals surface area (Å²) >= 11 is 0. The number of hydrogen-bond donors (Lipinski definition) is 1. The number of rotatable bonds is 5. The van der Waals surface area contributed by atoms with Gasteiger partial charge in [0.05, 0.1) is 12.8 Å². The van der Waals surface area contributed by atoms with Gasteiger partial charge in [0.1, 0.15) is 11.9 Å². The summed E-state index contributed by atoms with van der Waals surface area (Å²) in [6.45, 7) is 2.25. The van der Waals surface area contributed by atoms with Gasteiger partial charge in [0.25, 0.3) is 5.72 Å². The van der Waals surface area contributed by atoms with Crippen molar-refractivity contribution in [2.75, 3.05) is 23.5 Å². The van der Waals surface area contributed by atoms with Crippen molar-refractivity contribution in [1.82, 2.24) is 5.32 Å². The van der Waals surface area contributed by atoms with Crippen LogP contribution in [0.5, 0.6) is 5.75 Å². The first-order valence-electron chi connectivity index (χ1n) is 11.1. The lowest BCUT2D eigenvalue weighted by Gasteiger charge is -2.42. The smallest absolute Gasteiger partial charge is 0.411 e. The monoisotopic (exact) mass is 457 g/mol. The number of nitrogens with one attached hydrogen (secondary N) is 1. The third kappa shape index (κ3) is 2.35. The maximum absolute atomic E-state index is 14.3. The molecule has 34 heavy (non-hydrogen) atoms. The normalized spacial score (nSPS) is 26.6. The van der Waals surface area contributed by atoms with E-state index in [1.807, 2.05) is 79.7 Å². The number of benzene rings is 3. The Kier molecular flexibility index (Phi) is 4.37. The Hall–Kier alpha value is -4.04. The molecule has 8 nitrogen and oxygen atoms in total. The van der Waals surface area contributed by atoms with Crippen LogP contribution in [0.15, 0.2) is 78.9 Å². The Labute approximate surface area is 196 Å². The summed E-state index contributed by atoms with van der Waals surface area (Å²) in [7, 11) is 1.57. The van der Waals surface area contributed by atoms with Crippen molar-refractivity contribution in [3.8, 4) is 5.75 Å². The van der Waals surface area contributed by atoms with Crippen LogP contribution >= 0.6 is 0 Å². The minimum absolute atomic E-state index is 0.341. The molecule has 172 valence electrons. The summed E-state index contributed by atoms with van der Waals surface area (Å²) < 4.78 is 17.9. The van der Waals surface area contributed by atoms with Gasteiger partial charge in [0.2, 0.25) is 5.66 Å². The second-order valence-electron chi connectivity index (χ2n) is 8.34. The summed E-state index contributed by atoms with van der Waals surface area (Å²) in [4.78, 5) is 30.6. The Morgan fingerprint density at radius 3 is 2.35 bits per heavy atom. The average Bonchev–Trinajstić information content (AvgIpc) is 3.39. The van der Waals surface area contributed by atoms with Crippen molar-refractivity contribution in [3.63, 3.8) is 0 Å². The van der Waals surface area contributed by atoms with E-state index >= 15 is 0 Å². The molecule has 0 bridgehead atoms.